The van der Waals surface area contributed by atoms with Crippen molar-refractivity contribution in [1.82, 2.24) is 9.29 Å². The molecule has 0 amide bonds. The molecule has 1 atom stereocenters. The van der Waals surface area contributed by atoms with E-state index in [1.54, 1.807) is 13.1 Å². The van der Waals surface area contributed by atoms with E-state index >= 15 is 0 Å². The summed E-state index contributed by atoms with van der Waals surface area (Å²) in [5.41, 5.74) is 1.59. The number of oxazole rings is 1. The zero-order valence-corrected chi connectivity index (χ0v) is 14.2. The highest BCUT2D eigenvalue weighted by molar-refractivity contribution is 7.89. The number of rotatable bonds is 3. The van der Waals surface area contributed by atoms with Crippen molar-refractivity contribution in [3.8, 4) is 5.75 Å². The molecular formula is C17H16N2O5S. The fraction of sp³-hybridized carbons (Fsp3) is 0.235. The van der Waals surface area contributed by atoms with Crippen molar-refractivity contribution in [2.24, 2.45) is 7.05 Å². The van der Waals surface area contributed by atoms with E-state index in [4.69, 9.17) is 9.15 Å². The maximum absolute atomic E-state index is 12.8. The Kier molecular flexibility index (Phi) is 3.66. The van der Waals surface area contributed by atoms with Gasteiger partial charge in [0.2, 0.25) is 10.0 Å². The van der Waals surface area contributed by atoms with Gasteiger partial charge < -0.3 is 9.15 Å². The van der Waals surface area contributed by atoms with E-state index in [9.17, 15) is 13.2 Å². The van der Waals surface area contributed by atoms with Crippen LogP contribution in [0.25, 0.3) is 11.1 Å². The quantitative estimate of drug-likeness (QED) is 0.771. The second-order valence-electron chi connectivity index (χ2n) is 5.91. The number of ether oxygens (including phenoxy) is 1. The molecule has 130 valence electrons. The van der Waals surface area contributed by atoms with Crippen molar-refractivity contribution in [3.05, 3.63) is 58.6 Å². The predicted octanol–water partition coefficient (Wildman–Crippen LogP) is 1.93. The van der Waals surface area contributed by atoms with Gasteiger partial charge in [0.1, 0.15) is 5.75 Å². The molecule has 0 saturated heterocycles. The lowest BCUT2D eigenvalue weighted by Crippen LogP contribution is -2.32. The van der Waals surface area contributed by atoms with Crippen LogP contribution in [0, 0.1) is 0 Å². The number of fused-ring (bicyclic) bond motifs is 2. The third-order valence-electron chi connectivity index (χ3n) is 4.33. The summed E-state index contributed by atoms with van der Waals surface area (Å²) in [6, 6.07) is 11.4. The van der Waals surface area contributed by atoms with Crippen molar-refractivity contribution in [2.75, 3.05) is 6.61 Å². The van der Waals surface area contributed by atoms with Gasteiger partial charge >= 0.3 is 5.76 Å². The minimum absolute atomic E-state index is 0.0540. The van der Waals surface area contributed by atoms with Crippen molar-refractivity contribution >= 4 is 21.1 Å². The number of hydrogen-bond donors (Lipinski definition) is 1. The first kappa shape index (κ1) is 15.9. The number of aromatic nitrogens is 1. The van der Waals surface area contributed by atoms with E-state index < -0.39 is 15.8 Å². The van der Waals surface area contributed by atoms with Crippen LogP contribution in [0.5, 0.6) is 5.75 Å². The number of nitrogens with one attached hydrogen (secondary N) is 1. The first-order valence-corrected chi connectivity index (χ1v) is 9.28. The molecule has 3 aromatic rings. The molecule has 2 aromatic carbocycles. The van der Waals surface area contributed by atoms with Gasteiger partial charge in [0.25, 0.3) is 0 Å². The van der Waals surface area contributed by atoms with E-state index in [1.807, 2.05) is 24.3 Å². The molecule has 0 saturated carbocycles. The number of aryl methyl sites for hydroxylation is 1. The van der Waals surface area contributed by atoms with Gasteiger partial charge in [-0.05, 0) is 18.2 Å². The van der Waals surface area contributed by atoms with Crippen LogP contribution in [-0.2, 0) is 17.1 Å². The van der Waals surface area contributed by atoms with Crippen molar-refractivity contribution in [3.63, 3.8) is 0 Å². The van der Waals surface area contributed by atoms with Crippen molar-refractivity contribution in [2.45, 2.75) is 17.4 Å². The molecule has 0 unspecified atom stereocenters. The van der Waals surface area contributed by atoms with Gasteiger partial charge in [0.05, 0.1) is 23.1 Å². The Hall–Kier alpha value is -2.58. The molecule has 25 heavy (non-hydrogen) atoms. The SMILES string of the molecule is Cn1c(=O)oc2cc(S(=O)(=O)N[C@H]3CCOc4ccccc43)ccc21. The molecule has 0 radical (unpaired) electrons. The lowest BCUT2D eigenvalue weighted by Gasteiger charge is -2.26. The highest BCUT2D eigenvalue weighted by Gasteiger charge is 2.27. The highest BCUT2D eigenvalue weighted by Crippen LogP contribution is 2.32. The summed E-state index contributed by atoms with van der Waals surface area (Å²) in [6.07, 6.45) is 0.541. The van der Waals surface area contributed by atoms with E-state index in [2.05, 4.69) is 4.72 Å². The monoisotopic (exact) mass is 360 g/mol. The molecule has 4 rings (SSSR count). The molecule has 0 fully saturated rings. The Morgan fingerprint density at radius 2 is 2.00 bits per heavy atom. The van der Waals surface area contributed by atoms with Crippen molar-refractivity contribution in [1.29, 1.82) is 0 Å². The van der Waals surface area contributed by atoms with E-state index in [0.717, 1.165) is 5.56 Å². The number of para-hydroxylation sites is 1. The van der Waals surface area contributed by atoms with Gasteiger partial charge in [0.15, 0.2) is 5.58 Å². The van der Waals surface area contributed by atoms with Gasteiger partial charge in [0, 0.05) is 25.1 Å². The molecular weight excluding hydrogens is 344 g/mol. The molecule has 1 aromatic heterocycles. The summed E-state index contributed by atoms with van der Waals surface area (Å²) < 4.78 is 40.2. The van der Waals surface area contributed by atoms with Crippen LogP contribution in [0.15, 0.2) is 56.6 Å². The molecule has 2 heterocycles. The Morgan fingerprint density at radius 1 is 1.20 bits per heavy atom. The number of benzene rings is 2. The molecule has 7 nitrogen and oxygen atoms in total. The van der Waals surface area contributed by atoms with E-state index in [1.165, 1.54) is 16.7 Å². The molecule has 1 aliphatic heterocycles. The lowest BCUT2D eigenvalue weighted by molar-refractivity contribution is 0.263. The fourth-order valence-electron chi connectivity index (χ4n) is 3.00. The maximum Gasteiger partial charge on any atom is 0.419 e. The van der Waals surface area contributed by atoms with Gasteiger partial charge in [-0.15, -0.1) is 0 Å². The zero-order valence-electron chi connectivity index (χ0n) is 13.4. The fourth-order valence-corrected chi connectivity index (χ4v) is 4.27. The molecule has 8 heteroatoms. The van der Waals surface area contributed by atoms with Crippen molar-refractivity contribution < 1.29 is 17.6 Å². The van der Waals surface area contributed by atoms with Gasteiger partial charge in [-0.25, -0.2) is 17.9 Å². The second-order valence-corrected chi connectivity index (χ2v) is 7.62. The van der Waals surface area contributed by atoms with E-state index in [0.29, 0.717) is 24.3 Å². The highest BCUT2D eigenvalue weighted by atomic mass is 32.2. The minimum atomic E-state index is -3.77. The Bertz CT molecular complexity index is 1110. The maximum atomic E-state index is 12.8. The number of nitrogens with zero attached hydrogens (tertiary/aromatic N) is 1. The second kappa shape index (κ2) is 5.75. The topological polar surface area (TPSA) is 90.5 Å². The van der Waals surface area contributed by atoms with E-state index in [-0.39, 0.29) is 16.5 Å². The summed E-state index contributed by atoms with van der Waals surface area (Å²) in [5, 5.41) is 0. The summed E-state index contributed by atoms with van der Waals surface area (Å²) in [4.78, 5) is 11.6. The average Bonchev–Trinajstić information content (AvgIpc) is 2.89. The molecule has 0 spiro atoms. The average molecular weight is 360 g/mol. The van der Waals surface area contributed by atoms with Gasteiger partial charge in [-0.3, -0.25) is 4.57 Å². The summed E-state index contributed by atoms with van der Waals surface area (Å²) >= 11 is 0. The standard InChI is InChI=1S/C17H16N2O5S/c1-19-14-7-6-11(10-16(14)24-17(19)20)25(21,22)18-13-8-9-23-15-5-3-2-4-12(13)15/h2-7,10,13,18H,8-9H2,1H3/t13-/m0/s1. The molecule has 1 aliphatic rings. The van der Waals surface area contributed by atoms with Crippen LogP contribution in [0.3, 0.4) is 0 Å². The van der Waals surface area contributed by atoms with Crippen LogP contribution in [0.4, 0.5) is 0 Å². The van der Waals surface area contributed by atoms with Gasteiger partial charge in [-0.1, -0.05) is 18.2 Å². The summed E-state index contributed by atoms with van der Waals surface area (Å²) in [6.45, 7) is 0.441. The molecule has 0 aliphatic carbocycles. The predicted molar refractivity (Wildman–Crippen MR) is 91.1 cm³/mol. The minimum Gasteiger partial charge on any atom is -0.493 e. The van der Waals surface area contributed by atoms with Gasteiger partial charge in [-0.2, -0.15) is 0 Å². The Labute approximate surface area is 143 Å². The number of sulfonamides is 1. The third kappa shape index (κ3) is 2.73. The third-order valence-corrected chi connectivity index (χ3v) is 5.80. The first-order chi connectivity index (χ1) is 12.0. The Morgan fingerprint density at radius 3 is 2.84 bits per heavy atom. The lowest BCUT2D eigenvalue weighted by atomic mass is 10.0. The Balaban J connectivity index is 1.70. The first-order valence-electron chi connectivity index (χ1n) is 7.79. The summed E-state index contributed by atoms with van der Waals surface area (Å²) in [7, 11) is -2.21. The smallest absolute Gasteiger partial charge is 0.419 e. The van der Waals surface area contributed by atoms with Crippen LogP contribution < -0.4 is 15.2 Å². The van der Waals surface area contributed by atoms with Crippen LogP contribution >= 0.6 is 0 Å². The van der Waals surface area contributed by atoms with Crippen LogP contribution in [0.1, 0.15) is 18.0 Å². The summed E-state index contributed by atoms with van der Waals surface area (Å²) in [5.74, 6) is 0.154. The molecule has 1 N–H and O–H groups in total. The van der Waals surface area contributed by atoms with Crippen LogP contribution in [0.2, 0.25) is 0 Å². The molecule has 0 bridgehead atoms. The zero-order chi connectivity index (χ0) is 17.6. The normalized spacial score (nSPS) is 17.2. The number of hydrogen-bond acceptors (Lipinski definition) is 5. The van der Waals surface area contributed by atoms with Crippen LogP contribution in [-0.4, -0.2) is 19.6 Å². The largest absolute Gasteiger partial charge is 0.493 e.